The number of pyridine rings is 1. The van der Waals surface area contributed by atoms with Gasteiger partial charge in [0.1, 0.15) is 6.61 Å². The van der Waals surface area contributed by atoms with Crippen molar-refractivity contribution in [2.45, 2.75) is 51.8 Å². The first-order valence-corrected chi connectivity index (χ1v) is 6.99. The van der Waals surface area contributed by atoms with Crippen LogP contribution in [-0.4, -0.2) is 29.8 Å². The van der Waals surface area contributed by atoms with E-state index in [2.05, 4.69) is 10.3 Å². The van der Waals surface area contributed by atoms with Crippen LogP contribution < -0.4 is 10.1 Å². The molecular formula is C15H24N2O2. The molecule has 1 saturated carbocycles. The summed E-state index contributed by atoms with van der Waals surface area (Å²) in [5, 5.41) is 3.44. The minimum atomic E-state index is -0.118. The Morgan fingerprint density at radius 1 is 1.26 bits per heavy atom. The fourth-order valence-corrected chi connectivity index (χ4v) is 1.67. The third-order valence-corrected chi connectivity index (χ3v) is 2.80. The number of hydrogen-bond donors (Lipinski definition) is 1. The summed E-state index contributed by atoms with van der Waals surface area (Å²) in [6.07, 6.45) is 2.58. The molecule has 1 aromatic heterocycles. The molecule has 106 valence electrons. The lowest BCUT2D eigenvalue weighted by molar-refractivity contribution is -0.0168. The van der Waals surface area contributed by atoms with E-state index in [9.17, 15) is 0 Å². The van der Waals surface area contributed by atoms with Gasteiger partial charge >= 0.3 is 0 Å². The van der Waals surface area contributed by atoms with Gasteiger partial charge in [-0.25, -0.2) is 4.98 Å². The molecule has 4 nitrogen and oxygen atoms in total. The maximum absolute atomic E-state index is 5.60. The summed E-state index contributed by atoms with van der Waals surface area (Å²) >= 11 is 0. The molecule has 0 radical (unpaired) electrons. The zero-order valence-electron chi connectivity index (χ0n) is 12.1. The first kappa shape index (κ1) is 14.3. The summed E-state index contributed by atoms with van der Waals surface area (Å²) in [7, 11) is 0. The van der Waals surface area contributed by atoms with Gasteiger partial charge in [0.05, 0.1) is 17.9 Å². The normalized spacial score (nSPS) is 15.5. The number of rotatable bonds is 7. The monoisotopic (exact) mass is 264 g/mol. The SMILES string of the molecule is CC(C)(C)OCCOc1cccc(CNC2CC2)n1. The van der Waals surface area contributed by atoms with Crippen molar-refractivity contribution >= 4 is 0 Å². The molecule has 1 aliphatic carbocycles. The largest absolute Gasteiger partial charge is 0.475 e. The first-order chi connectivity index (χ1) is 9.03. The summed E-state index contributed by atoms with van der Waals surface area (Å²) in [4.78, 5) is 4.47. The Hall–Kier alpha value is -1.13. The van der Waals surface area contributed by atoms with Gasteiger partial charge in [0.2, 0.25) is 5.88 Å². The second kappa shape index (κ2) is 6.35. The Morgan fingerprint density at radius 3 is 2.74 bits per heavy atom. The molecule has 2 rings (SSSR count). The van der Waals surface area contributed by atoms with Gasteiger partial charge in [0.15, 0.2) is 0 Å². The van der Waals surface area contributed by atoms with Gasteiger partial charge < -0.3 is 14.8 Å². The molecule has 19 heavy (non-hydrogen) atoms. The average molecular weight is 264 g/mol. The Morgan fingerprint density at radius 2 is 2.05 bits per heavy atom. The molecule has 0 saturated heterocycles. The quantitative estimate of drug-likeness (QED) is 0.769. The molecule has 0 aliphatic heterocycles. The number of nitrogens with zero attached hydrogens (tertiary/aromatic N) is 1. The van der Waals surface area contributed by atoms with Gasteiger partial charge in [-0.2, -0.15) is 0 Å². The summed E-state index contributed by atoms with van der Waals surface area (Å²) < 4.78 is 11.2. The van der Waals surface area contributed by atoms with Gasteiger partial charge in [-0.3, -0.25) is 0 Å². The van der Waals surface area contributed by atoms with E-state index in [-0.39, 0.29) is 5.60 Å². The smallest absolute Gasteiger partial charge is 0.213 e. The van der Waals surface area contributed by atoms with E-state index < -0.39 is 0 Å². The van der Waals surface area contributed by atoms with Crippen LogP contribution in [0.1, 0.15) is 39.3 Å². The predicted octanol–water partition coefficient (Wildman–Crippen LogP) is 2.53. The highest BCUT2D eigenvalue weighted by Crippen LogP contribution is 2.19. The highest BCUT2D eigenvalue weighted by Gasteiger charge is 2.20. The maximum atomic E-state index is 5.60. The van der Waals surface area contributed by atoms with Gasteiger partial charge in [0, 0.05) is 18.7 Å². The van der Waals surface area contributed by atoms with Gasteiger partial charge in [-0.1, -0.05) is 6.07 Å². The fourth-order valence-electron chi connectivity index (χ4n) is 1.67. The van der Waals surface area contributed by atoms with Crippen LogP contribution in [0.2, 0.25) is 0 Å². The Labute approximate surface area is 115 Å². The topological polar surface area (TPSA) is 43.4 Å². The molecular weight excluding hydrogens is 240 g/mol. The van der Waals surface area contributed by atoms with Crippen LogP contribution in [0.4, 0.5) is 0 Å². The van der Waals surface area contributed by atoms with Crippen molar-refractivity contribution < 1.29 is 9.47 Å². The Kier molecular flexibility index (Phi) is 4.77. The highest BCUT2D eigenvalue weighted by molar-refractivity contribution is 5.15. The second-order valence-electron chi connectivity index (χ2n) is 5.93. The standard InChI is InChI=1S/C15H24N2O2/c1-15(2,3)19-10-9-18-14-6-4-5-13(17-14)11-16-12-7-8-12/h4-6,12,16H,7-11H2,1-3H3. The number of ether oxygens (including phenoxy) is 2. The molecule has 1 aromatic rings. The molecule has 1 fully saturated rings. The average Bonchev–Trinajstić information content (AvgIpc) is 3.16. The van der Waals surface area contributed by atoms with E-state index in [4.69, 9.17) is 9.47 Å². The molecule has 1 aliphatic rings. The predicted molar refractivity (Wildman–Crippen MR) is 75.3 cm³/mol. The van der Waals surface area contributed by atoms with Crippen molar-refractivity contribution in [3.05, 3.63) is 23.9 Å². The minimum absolute atomic E-state index is 0.118. The van der Waals surface area contributed by atoms with Crippen LogP contribution in [0.15, 0.2) is 18.2 Å². The number of aromatic nitrogens is 1. The van der Waals surface area contributed by atoms with Crippen LogP contribution in [0.25, 0.3) is 0 Å². The number of hydrogen-bond acceptors (Lipinski definition) is 4. The molecule has 1 heterocycles. The van der Waals surface area contributed by atoms with Crippen molar-refractivity contribution in [1.29, 1.82) is 0 Å². The second-order valence-corrected chi connectivity index (χ2v) is 5.93. The highest BCUT2D eigenvalue weighted by atomic mass is 16.5. The Bertz CT molecular complexity index is 397. The van der Waals surface area contributed by atoms with Gasteiger partial charge in [0.25, 0.3) is 0 Å². The lowest BCUT2D eigenvalue weighted by atomic mass is 10.2. The lowest BCUT2D eigenvalue weighted by Gasteiger charge is -2.19. The van der Waals surface area contributed by atoms with E-state index in [1.54, 1.807) is 0 Å². The van der Waals surface area contributed by atoms with E-state index in [1.807, 2.05) is 39.0 Å². The van der Waals surface area contributed by atoms with E-state index in [1.165, 1.54) is 12.8 Å². The van der Waals surface area contributed by atoms with Gasteiger partial charge in [-0.05, 0) is 39.7 Å². The van der Waals surface area contributed by atoms with Crippen molar-refractivity contribution in [2.75, 3.05) is 13.2 Å². The maximum Gasteiger partial charge on any atom is 0.213 e. The fraction of sp³-hybridized carbons (Fsp3) is 0.667. The molecule has 0 unspecified atom stereocenters. The van der Waals surface area contributed by atoms with Crippen LogP contribution >= 0.6 is 0 Å². The van der Waals surface area contributed by atoms with Crippen molar-refractivity contribution in [3.63, 3.8) is 0 Å². The molecule has 0 bridgehead atoms. The van der Waals surface area contributed by atoms with Crippen molar-refractivity contribution in [1.82, 2.24) is 10.3 Å². The summed E-state index contributed by atoms with van der Waals surface area (Å²) in [5.41, 5.74) is 0.911. The van der Waals surface area contributed by atoms with Gasteiger partial charge in [-0.15, -0.1) is 0 Å². The summed E-state index contributed by atoms with van der Waals surface area (Å²) in [6.45, 7) is 8.04. The molecule has 0 aromatic carbocycles. The minimum Gasteiger partial charge on any atom is -0.475 e. The zero-order valence-corrected chi connectivity index (χ0v) is 12.1. The van der Waals surface area contributed by atoms with Crippen LogP contribution in [0.3, 0.4) is 0 Å². The summed E-state index contributed by atoms with van der Waals surface area (Å²) in [6, 6.07) is 6.59. The number of nitrogens with one attached hydrogen (secondary N) is 1. The van der Waals surface area contributed by atoms with E-state index in [0.29, 0.717) is 25.1 Å². The molecule has 1 N–H and O–H groups in total. The van der Waals surface area contributed by atoms with Crippen molar-refractivity contribution in [2.24, 2.45) is 0 Å². The first-order valence-electron chi connectivity index (χ1n) is 6.99. The molecule has 0 amide bonds. The van der Waals surface area contributed by atoms with E-state index >= 15 is 0 Å². The third-order valence-electron chi connectivity index (χ3n) is 2.80. The van der Waals surface area contributed by atoms with Crippen molar-refractivity contribution in [3.8, 4) is 5.88 Å². The molecule has 0 spiro atoms. The summed E-state index contributed by atoms with van der Waals surface area (Å²) in [5.74, 6) is 0.674. The van der Waals surface area contributed by atoms with Crippen LogP contribution in [-0.2, 0) is 11.3 Å². The lowest BCUT2D eigenvalue weighted by Crippen LogP contribution is -2.22. The molecule has 4 heteroatoms. The Balaban J connectivity index is 1.71. The van der Waals surface area contributed by atoms with Crippen LogP contribution in [0, 0.1) is 0 Å². The zero-order chi connectivity index (χ0) is 13.7. The van der Waals surface area contributed by atoms with Crippen LogP contribution in [0.5, 0.6) is 5.88 Å². The molecule has 0 atom stereocenters. The van der Waals surface area contributed by atoms with E-state index in [0.717, 1.165) is 12.2 Å². The third kappa shape index (κ3) is 6.03.